The number of halogens is 2. The van der Waals surface area contributed by atoms with Crippen LogP contribution in [0.1, 0.15) is 32.4 Å². The fourth-order valence-electron chi connectivity index (χ4n) is 1.91. The van der Waals surface area contributed by atoms with Crippen LogP contribution in [0.5, 0.6) is 5.75 Å². The Morgan fingerprint density at radius 2 is 1.95 bits per heavy atom. The average molecular weight is 417 g/mol. The van der Waals surface area contributed by atoms with E-state index in [4.69, 9.17) is 4.74 Å². The van der Waals surface area contributed by atoms with Gasteiger partial charge in [0.1, 0.15) is 5.75 Å². The second kappa shape index (κ2) is 7.31. The highest BCUT2D eigenvalue weighted by atomic mass is 79.9. The normalized spacial score (nSPS) is 11.0. The fraction of sp³-hybridized carbons (Fsp3) is 0.400. The first kappa shape index (κ1) is 16.4. The molecule has 1 heterocycles. The van der Waals surface area contributed by atoms with Gasteiger partial charge in [-0.1, -0.05) is 0 Å². The number of hydrogen-bond donors (Lipinski definition) is 1. The highest BCUT2D eigenvalue weighted by molar-refractivity contribution is 9.11. The highest BCUT2D eigenvalue weighted by Crippen LogP contribution is 2.35. The van der Waals surface area contributed by atoms with Gasteiger partial charge in [0.05, 0.1) is 27.4 Å². The number of rotatable bonds is 6. The molecule has 1 N–H and O–H groups in total. The molecule has 6 heteroatoms. The van der Waals surface area contributed by atoms with Crippen LogP contribution in [-0.4, -0.2) is 16.4 Å². The summed E-state index contributed by atoms with van der Waals surface area (Å²) >= 11 is 7.10. The number of nitrogens with one attached hydrogen (secondary N) is 1. The Morgan fingerprint density at radius 1 is 1.29 bits per heavy atom. The van der Waals surface area contributed by atoms with Crippen LogP contribution < -0.4 is 10.1 Å². The second-order valence-electron chi connectivity index (χ2n) is 4.98. The van der Waals surface area contributed by atoms with Crippen LogP contribution in [0.15, 0.2) is 33.5 Å². The molecular weight excluding hydrogens is 398 g/mol. The maximum absolute atomic E-state index is 5.59. The lowest BCUT2D eigenvalue weighted by Gasteiger charge is -2.11. The summed E-state index contributed by atoms with van der Waals surface area (Å²) in [7, 11) is 0. The molecule has 1 aromatic heterocycles. The van der Waals surface area contributed by atoms with Gasteiger partial charge < -0.3 is 10.1 Å². The first-order valence-electron chi connectivity index (χ1n) is 6.90. The van der Waals surface area contributed by atoms with E-state index in [1.165, 1.54) is 0 Å². The molecule has 0 aliphatic rings. The smallest absolute Gasteiger partial charge is 0.147 e. The van der Waals surface area contributed by atoms with Gasteiger partial charge in [-0.05, 0) is 70.3 Å². The zero-order valence-corrected chi connectivity index (χ0v) is 15.5. The maximum Gasteiger partial charge on any atom is 0.147 e. The summed E-state index contributed by atoms with van der Waals surface area (Å²) in [5, 5.41) is 7.69. The molecule has 0 saturated carbocycles. The van der Waals surface area contributed by atoms with Gasteiger partial charge in [0, 0.05) is 18.8 Å². The molecule has 0 unspecified atom stereocenters. The van der Waals surface area contributed by atoms with Gasteiger partial charge in [-0.25, -0.2) is 0 Å². The van der Waals surface area contributed by atoms with Crippen molar-refractivity contribution in [1.82, 2.24) is 9.78 Å². The molecule has 2 rings (SSSR count). The van der Waals surface area contributed by atoms with Gasteiger partial charge in [0.25, 0.3) is 0 Å². The minimum Gasteiger partial charge on any atom is -0.492 e. The molecule has 2 aromatic rings. The van der Waals surface area contributed by atoms with Gasteiger partial charge in [0.2, 0.25) is 0 Å². The largest absolute Gasteiger partial charge is 0.492 e. The lowest BCUT2D eigenvalue weighted by molar-refractivity contribution is 0.336. The first-order valence-corrected chi connectivity index (χ1v) is 8.48. The number of ether oxygens (including phenoxy) is 1. The van der Waals surface area contributed by atoms with Crippen molar-refractivity contribution in [2.75, 3.05) is 11.9 Å². The standard InChI is InChI=1S/C15H19Br2N3O/c1-4-21-15-13(16)5-11(6-14(15)17)7-18-12-8-19-20(9-12)10(2)3/h5-6,8-10,18H,4,7H2,1-3H3. The van der Waals surface area contributed by atoms with E-state index in [9.17, 15) is 0 Å². The summed E-state index contributed by atoms with van der Waals surface area (Å²) in [6.45, 7) is 7.56. The molecule has 21 heavy (non-hydrogen) atoms. The van der Waals surface area contributed by atoms with Crippen molar-refractivity contribution < 1.29 is 4.74 Å². The predicted octanol–water partition coefficient (Wildman–Crippen LogP) is 5.00. The summed E-state index contributed by atoms with van der Waals surface area (Å²) in [6, 6.07) is 4.50. The molecule has 0 amide bonds. The first-order chi connectivity index (χ1) is 10.0. The van der Waals surface area contributed by atoms with Crippen molar-refractivity contribution in [3.05, 3.63) is 39.0 Å². The summed E-state index contributed by atoms with van der Waals surface area (Å²) in [5.41, 5.74) is 2.18. The van der Waals surface area contributed by atoms with Crippen LogP contribution in [0, 0.1) is 0 Å². The minimum atomic E-state index is 0.370. The Kier molecular flexibility index (Phi) is 5.70. The number of anilines is 1. The van der Waals surface area contributed by atoms with Crippen LogP contribution in [0.3, 0.4) is 0 Å². The average Bonchev–Trinajstić information content (AvgIpc) is 2.89. The van der Waals surface area contributed by atoms with Crippen molar-refractivity contribution in [1.29, 1.82) is 0 Å². The van der Waals surface area contributed by atoms with Crippen molar-refractivity contribution in [2.24, 2.45) is 0 Å². The molecule has 0 atom stereocenters. The SMILES string of the molecule is CCOc1c(Br)cc(CNc2cnn(C(C)C)c2)cc1Br. The Hall–Kier alpha value is -1.01. The van der Waals surface area contributed by atoms with Gasteiger partial charge in [-0.2, -0.15) is 5.10 Å². The Balaban J connectivity index is 2.06. The summed E-state index contributed by atoms with van der Waals surface area (Å²) in [5.74, 6) is 0.842. The lowest BCUT2D eigenvalue weighted by atomic mass is 10.2. The maximum atomic E-state index is 5.59. The third-order valence-corrected chi connectivity index (χ3v) is 4.15. The van der Waals surface area contributed by atoms with E-state index in [2.05, 4.69) is 68.3 Å². The van der Waals surface area contributed by atoms with E-state index in [0.717, 1.165) is 32.5 Å². The zero-order valence-electron chi connectivity index (χ0n) is 12.4. The van der Waals surface area contributed by atoms with Crippen LogP contribution >= 0.6 is 31.9 Å². The lowest BCUT2D eigenvalue weighted by Crippen LogP contribution is -2.02. The summed E-state index contributed by atoms with van der Waals surface area (Å²) in [4.78, 5) is 0. The molecule has 0 spiro atoms. The van der Waals surface area contributed by atoms with Crippen molar-refractivity contribution in [2.45, 2.75) is 33.4 Å². The van der Waals surface area contributed by atoms with Gasteiger partial charge in [-0.3, -0.25) is 4.68 Å². The van der Waals surface area contributed by atoms with E-state index >= 15 is 0 Å². The number of nitrogens with zero attached hydrogens (tertiary/aromatic N) is 2. The molecule has 114 valence electrons. The molecule has 4 nitrogen and oxygen atoms in total. The Labute approximate surface area is 142 Å². The monoisotopic (exact) mass is 415 g/mol. The van der Waals surface area contributed by atoms with Crippen LogP contribution in [-0.2, 0) is 6.54 Å². The molecule has 0 fully saturated rings. The summed E-state index contributed by atoms with van der Waals surface area (Å²) in [6.07, 6.45) is 3.86. The molecule has 1 aromatic carbocycles. The summed E-state index contributed by atoms with van der Waals surface area (Å²) < 4.78 is 9.43. The minimum absolute atomic E-state index is 0.370. The zero-order chi connectivity index (χ0) is 15.4. The van der Waals surface area contributed by atoms with E-state index in [0.29, 0.717) is 12.6 Å². The van der Waals surface area contributed by atoms with Crippen molar-refractivity contribution in [3.8, 4) is 5.75 Å². The third kappa shape index (κ3) is 4.23. The van der Waals surface area contributed by atoms with E-state index < -0.39 is 0 Å². The van der Waals surface area contributed by atoms with Gasteiger partial charge in [-0.15, -0.1) is 0 Å². The molecule has 0 saturated heterocycles. The Morgan fingerprint density at radius 3 is 2.48 bits per heavy atom. The number of hydrogen-bond acceptors (Lipinski definition) is 3. The Bertz CT molecular complexity index is 588. The van der Waals surface area contributed by atoms with Gasteiger partial charge >= 0.3 is 0 Å². The quantitative estimate of drug-likeness (QED) is 0.719. The van der Waals surface area contributed by atoms with Crippen LogP contribution in [0.4, 0.5) is 5.69 Å². The topological polar surface area (TPSA) is 39.1 Å². The van der Waals surface area contributed by atoms with E-state index in [1.54, 1.807) is 0 Å². The van der Waals surface area contributed by atoms with Crippen LogP contribution in [0.2, 0.25) is 0 Å². The molecule has 0 radical (unpaired) electrons. The number of benzene rings is 1. The van der Waals surface area contributed by atoms with Crippen molar-refractivity contribution in [3.63, 3.8) is 0 Å². The van der Waals surface area contributed by atoms with Gasteiger partial charge in [0.15, 0.2) is 0 Å². The van der Waals surface area contributed by atoms with E-state index in [1.807, 2.05) is 24.0 Å². The van der Waals surface area contributed by atoms with Crippen molar-refractivity contribution >= 4 is 37.5 Å². The predicted molar refractivity (Wildman–Crippen MR) is 92.9 cm³/mol. The molecular formula is C15H19Br2N3O. The van der Waals surface area contributed by atoms with Crippen LogP contribution in [0.25, 0.3) is 0 Å². The highest BCUT2D eigenvalue weighted by Gasteiger charge is 2.09. The van der Waals surface area contributed by atoms with E-state index in [-0.39, 0.29) is 0 Å². The molecule has 0 aliphatic carbocycles. The number of aromatic nitrogens is 2. The molecule has 0 bridgehead atoms. The second-order valence-corrected chi connectivity index (χ2v) is 6.69. The third-order valence-electron chi connectivity index (χ3n) is 2.97. The molecule has 0 aliphatic heterocycles. The fourth-order valence-corrected chi connectivity index (χ4v) is 3.42.